The number of pyridine rings is 2. The molecule has 0 aromatic carbocycles. The Labute approximate surface area is 158 Å². The van der Waals surface area contributed by atoms with Crippen molar-refractivity contribution in [3.63, 3.8) is 0 Å². The van der Waals surface area contributed by atoms with Crippen LogP contribution in [0.3, 0.4) is 0 Å². The molecule has 0 fully saturated rings. The molecule has 2 aromatic rings. The van der Waals surface area contributed by atoms with Gasteiger partial charge in [-0.05, 0) is 32.3 Å². The topological polar surface area (TPSA) is 89.9 Å². The summed E-state index contributed by atoms with van der Waals surface area (Å²) < 4.78 is 0. The van der Waals surface area contributed by atoms with E-state index in [1.807, 2.05) is 30.0 Å². The predicted molar refractivity (Wildman–Crippen MR) is 100 cm³/mol. The summed E-state index contributed by atoms with van der Waals surface area (Å²) in [4.78, 5) is 38.3. The van der Waals surface area contributed by atoms with Crippen molar-refractivity contribution >= 4 is 17.6 Å². The second-order valence-corrected chi connectivity index (χ2v) is 6.84. The average Bonchev–Trinajstić information content (AvgIpc) is 2.75. The van der Waals surface area contributed by atoms with E-state index < -0.39 is 5.97 Å². The van der Waals surface area contributed by atoms with Gasteiger partial charge in [0.15, 0.2) is 0 Å². The zero-order chi connectivity index (χ0) is 19.4. The fourth-order valence-corrected chi connectivity index (χ4v) is 3.10. The number of carbonyl (C=O) groups excluding carboxylic acids is 1. The zero-order valence-corrected chi connectivity index (χ0v) is 15.5. The number of nitrogens with zero attached hydrogens (tertiary/aromatic N) is 5. The number of likely N-dealkylation sites (N-methyl/N-ethyl adjacent to an activating group) is 1. The molecule has 0 radical (unpaired) electrons. The Morgan fingerprint density at radius 2 is 2.07 bits per heavy atom. The lowest BCUT2D eigenvalue weighted by molar-refractivity contribution is -0.119. The molecule has 0 saturated carbocycles. The van der Waals surface area contributed by atoms with Gasteiger partial charge in [-0.15, -0.1) is 0 Å². The van der Waals surface area contributed by atoms with E-state index in [1.165, 1.54) is 12.3 Å². The maximum atomic E-state index is 12.9. The third-order valence-electron chi connectivity index (χ3n) is 4.44. The van der Waals surface area contributed by atoms with Crippen LogP contribution in [0.5, 0.6) is 0 Å². The normalized spacial score (nSPS) is 14.9. The second kappa shape index (κ2) is 8.24. The van der Waals surface area contributed by atoms with E-state index in [0.29, 0.717) is 25.3 Å². The Morgan fingerprint density at radius 3 is 2.81 bits per heavy atom. The quantitative estimate of drug-likeness (QED) is 0.815. The third-order valence-corrected chi connectivity index (χ3v) is 4.44. The first kappa shape index (κ1) is 18.9. The molecule has 142 valence electrons. The molecule has 0 aliphatic carbocycles. The smallest absolute Gasteiger partial charge is 0.335 e. The fraction of sp³-hybridized carbons (Fsp3) is 0.368. The Kier molecular flexibility index (Phi) is 5.78. The van der Waals surface area contributed by atoms with Gasteiger partial charge in [0, 0.05) is 50.3 Å². The van der Waals surface area contributed by atoms with Gasteiger partial charge in [0.05, 0.1) is 23.5 Å². The molecule has 0 bridgehead atoms. The molecule has 0 spiro atoms. The molecule has 3 heterocycles. The highest BCUT2D eigenvalue weighted by atomic mass is 16.4. The Bertz CT molecular complexity index is 840. The second-order valence-electron chi connectivity index (χ2n) is 6.84. The summed E-state index contributed by atoms with van der Waals surface area (Å²) in [6.45, 7) is 2.54. The Morgan fingerprint density at radius 1 is 1.26 bits per heavy atom. The van der Waals surface area contributed by atoms with Crippen molar-refractivity contribution in [1.29, 1.82) is 0 Å². The first-order valence-corrected chi connectivity index (χ1v) is 8.72. The molecule has 1 amide bonds. The molecule has 2 aromatic heterocycles. The number of carbonyl (C=O) groups is 2. The van der Waals surface area contributed by atoms with Crippen LogP contribution >= 0.6 is 0 Å². The van der Waals surface area contributed by atoms with Crippen LogP contribution < -0.4 is 4.90 Å². The van der Waals surface area contributed by atoms with Gasteiger partial charge in [0.1, 0.15) is 0 Å². The fourth-order valence-electron chi connectivity index (χ4n) is 3.10. The minimum absolute atomic E-state index is 0.0104. The summed E-state index contributed by atoms with van der Waals surface area (Å²) in [6.07, 6.45) is 4.96. The van der Waals surface area contributed by atoms with Gasteiger partial charge in [0.2, 0.25) is 5.91 Å². The standard InChI is InChI=1S/C19H23N5O3/c1-22(2)7-8-24-17-4-5-20-10-15(17)11-23(13-18(24)25)12-16-9-14(19(26)27)3-6-21-16/h3-6,9-10H,7-8,11-13H2,1-2H3,(H,26,27). The van der Waals surface area contributed by atoms with Crippen molar-refractivity contribution in [1.82, 2.24) is 19.8 Å². The largest absolute Gasteiger partial charge is 0.478 e. The molecule has 8 nitrogen and oxygen atoms in total. The number of rotatable bonds is 6. The van der Waals surface area contributed by atoms with Crippen LogP contribution in [0.2, 0.25) is 0 Å². The van der Waals surface area contributed by atoms with Crippen molar-refractivity contribution in [2.75, 3.05) is 38.6 Å². The van der Waals surface area contributed by atoms with E-state index in [9.17, 15) is 9.59 Å². The number of hydrogen-bond donors (Lipinski definition) is 1. The highest BCUT2D eigenvalue weighted by molar-refractivity contribution is 5.96. The summed E-state index contributed by atoms with van der Waals surface area (Å²) in [7, 11) is 3.95. The molecule has 8 heteroatoms. The molecule has 1 N–H and O–H groups in total. The predicted octanol–water partition coefficient (Wildman–Crippen LogP) is 1.09. The van der Waals surface area contributed by atoms with E-state index in [0.717, 1.165) is 17.8 Å². The number of aromatic nitrogens is 2. The molecule has 3 rings (SSSR count). The summed E-state index contributed by atoms with van der Waals surface area (Å²) in [5.74, 6) is -0.980. The van der Waals surface area contributed by atoms with Crippen LogP contribution in [0.25, 0.3) is 0 Å². The van der Waals surface area contributed by atoms with Crippen LogP contribution in [-0.2, 0) is 17.9 Å². The molecular weight excluding hydrogens is 346 g/mol. The van der Waals surface area contributed by atoms with E-state index in [-0.39, 0.29) is 18.0 Å². The van der Waals surface area contributed by atoms with Gasteiger partial charge in [-0.25, -0.2) is 4.79 Å². The third kappa shape index (κ3) is 4.66. The van der Waals surface area contributed by atoms with Gasteiger partial charge in [-0.3, -0.25) is 19.7 Å². The number of carboxylic acid groups (broad SMARTS) is 1. The van der Waals surface area contributed by atoms with Crippen molar-refractivity contribution in [3.8, 4) is 0 Å². The van der Waals surface area contributed by atoms with Crippen LogP contribution in [-0.4, -0.2) is 70.5 Å². The zero-order valence-electron chi connectivity index (χ0n) is 15.5. The number of carboxylic acids is 1. The van der Waals surface area contributed by atoms with Crippen LogP contribution in [0.1, 0.15) is 21.6 Å². The summed E-state index contributed by atoms with van der Waals surface area (Å²) in [6, 6.07) is 4.88. The first-order chi connectivity index (χ1) is 12.9. The lowest BCUT2D eigenvalue weighted by Gasteiger charge is -2.24. The van der Waals surface area contributed by atoms with E-state index in [4.69, 9.17) is 5.11 Å². The molecular formula is C19H23N5O3. The van der Waals surface area contributed by atoms with E-state index in [2.05, 4.69) is 9.97 Å². The van der Waals surface area contributed by atoms with Crippen molar-refractivity contribution < 1.29 is 14.7 Å². The van der Waals surface area contributed by atoms with Crippen LogP contribution in [0.4, 0.5) is 5.69 Å². The molecule has 0 saturated heterocycles. The highest BCUT2D eigenvalue weighted by Gasteiger charge is 2.26. The van der Waals surface area contributed by atoms with Crippen molar-refractivity contribution in [2.24, 2.45) is 0 Å². The lowest BCUT2D eigenvalue weighted by atomic mass is 10.2. The first-order valence-electron chi connectivity index (χ1n) is 8.72. The molecule has 0 atom stereocenters. The monoisotopic (exact) mass is 369 g/mol. The Balaban J connectivity index is 1.83. The summed E-state index contributed by atoms with van der Waals surface area (Å²) in [5.41, 5.74) is 2.66. The summed E-state index contributed by atoms with van der Waals surface area (Å²) in [5, 5.41) is 9.16. The number of aromatic carboxylic acids is 1. The molecule has 1 aliphatic heterocycles. The Hall–Kier alpha value is -2.84. The lowest BCUT2D eigenvalue weighted by Crippen LogP contribution is -2.40. The number of hydrogen-bond acceptors (Lipinski definition) is 6. The molecule has 0 unspecified atom stereocenters. The van der Waals surface area contributed by atoms with E-state index in [1.54, 1.807) is 23.4 Å². The van der Waals surface area contributed by atoms with Crippen LogP contribution in [0.15, 0.2) is 36.8 Å². The van der Waals surface area contributed by atoms with Crippen LogP contribution in [0, 0.1) is 0 Å². The molecule has 27 heavy (non-hydrogen) atoms. The van der Waals surface area contributed by atoms with Gasteiger partial charge < -0.3 is 14.9 Å². The average molecular weight is 369 g/mol. The van der Waals surface area contributed by atoms with Crippen molar-refractivity contribution in [2.45, 2.75) is 13.1 Å². The van der Waals surface area contributed by atoms with Gasteiger partial charge in [0.25, 0.3) is 0 Å². The van der Waals surface area contributed by atoms with Gasteiger partial charge in [-0.2, -0.15) is 0 Å². The number of amides is 1. The minimum atomic E-state index is -0.991. The molecule has 1 aliphatic rings. The van der Waals surface area contributed by atoms with Gasteiger partial charge >= 0.3 is 5.97 Å². The number of fused-ring (bicyclic) bond motifs is 1. The maximum absolute atomic E-state index is 12.9. The maximum Gasteiger partial charge on any atom is 0.335 e. The highest BCUT2D eigenvalue weighted by Crippen LogP contribution is 2.25. The SMILES string of the molecule is CN(C)CCN1C(=O)CN(Cc2cc(C(=O)O)ccn2)Cc2cnccc21. The van der Waals surface area contributed by atoms with E-state index >= 15 is 0 Å². The summed E-state index contributed by atoms with van der Waals surface area (Å²) >= 11 is 0. The number of anilines is 1. The minimum Gasteiger partial charge on any atom is -0.478 e. The van der Waals surface area contributed by atoms with Crippen molar-refractivity contribution in [3.05, 3.63) is 53.6 Å². The van der Waals surface area contributed by atoms with Gasteiger partial charge in [-0.1, -0.05) is 0 Å².